The van der Waals surface area contributed by atoms with Crippen LogP contribution < -0.4 is 4.74 Å². The molecule has 0 radical (unpaired) electrons. The highest BCUT2D eigenvalue weighted by atomic mass is 32.1. The SMILES string of the molecule is C=C[C@@H]1CN(C2(c3ccc(C(C)=O)s3)CC2O)CCN1C(=O)c1cnn2c(C(F)(F)F)c(C)c(-c3ccc(OC)cc3)nc12. The number of methoxy groups -OCH3 is 1. The van der Waals surface area contributed by atoms with Crippen molar-refractivity contribution < 1.29 is 32.6 Å². The first-order chi connectivity index (χ1) is 20.9. The number of Topliss-reactive ketones (excluding diaryl/α,β-unsaturated/α-hetero) is 1. The fourth-order valence-corrected chi connectivity index (χ4v) is 7.30. The minimum absolute atomic E-state index is 0.0491. The number of aliphatic hydroxyl groups is 1. The summed E-state index contributed by atoms with van der Waals surface area (Å²) in [6.07, 6.45) is -2.15. The number of nitrogens with zero attached hydrogens (tertiary/aromatic N) is 5. The molecule has 4 aromatic rings. The van der Waals surface area contributed by atoms with Crippen molar-refractivity contribution in [1.82, 2.24) is 24.4 Å². The van der Waals surface area contributed by atoms with Crippen molar-refractivity contribution in [1.29, 1.82) is 0 Å². The highest BCUT2D eigenvalue weighted by Gasteiger charge is 2.60. The Morgan fingerprint density at radius 2 is 1.89 bits per heavy atom. The number of halogens is 3. The second kappa shape index (κ2) is 10.8. The number of fused-ring (bicyclic) bond motifs is 1. The average Bonchev–Trinajstić information content (AvgIpc) is 3.31. The lowest BCUT2D eigenvalue weighted by Crippen LogP contribution is -2.57. The van der Waals surface area contributed by atoms with Gasteiger partial charge in [0.1, 0.15) is 11.3 Å². The summed E-state index contributed by atoms with van der Waals surface area (Å²) < 4.78 is 49.0. The van der Waals surface area contributed by atoms with Crippen LogP contribution in [0.3, 0.4) is 0 Å². The zero-order valence-corrected chi connectivity index (χ0v) is 25.1. The third-order valence-corrected chi connectivity index (χ3v) is 9.89. The molecule has 0 spiro atoms. The summed E-state index contributed by atoms with van der Waals surface area (Å²) in [6, 6.07) is 9.61. The van der Waals surface area contributed by atoms with Gasteiger partial charge in [-0.25, -0.2) is 9.50 Å². The smallest absolute Gasteiger partial charge is 0.433 e. The molecule has 3 atom stereocenters. The summed E-state index contributed by atoms with van der Waals surface area (Å²) in [5.74, 6) is -0.0284. The van der Waals surface area contributed by atoms with Crippen LogP contribution in [0.2, 0.25) is 0 Å². The Kier molecular flexibility index (Phi) is 7.38. The Hall–Kier alpha value is -4.07. The van der Waals surface area contributed by atoms with Gasteiger partial charge in [0.15, 0.2) is 17.1 Å². The zero-order valence-electron chi connectivity index (χ0n) is 24.3. The maximum atomic E-state index is 14.4. The zero-order chi connectivity index (χ0) is 31.6. The first-order valence-corrected chi connectivity index (χ1v) is 14.8. The van der Waals surface area contributed by atoms with E-state index in [9.17, 15) is 27.9 Å². The number of alkyl halides is 3. The predicted molar refractivity (Wildman–Crippen MR) is 158 cm³/mol. The van der Waals surface area contributed by atoms with E-state index in [1.807, 2.05) is 6.07 Å². The van der Waals surface area contributed by atoms with E-state index in [1.54, 1.807) is 41.3 Å². The molecule has 44 heavy (non-hydrogen) atoms. The molecule has 1 aromatic carbocycles. The number of carbonyl (C=O) groups is 2. The van der Waals surface area contributed by atoms with Gasteiger partial charge in [-0.3, -0.25) is 14.5 Å². The number of hydrogen-bond donors (Lipinski definition) is 1. The fourth-order valence-electron chi connectivity index (χ4n) is 6.12. The van der Waals surface area contributed by atoms with Crippen molar-refractivity contribution in [3.05, 3.63) is 81.8 Å². The van der Waals surface area contributed by atoms with Crippen molar-refractivity contribution in [2.45, 2.75) is 44.1 Å². The van der Waals surface area contributed by atoms with Gasteiger partial charge in [-0.1, -0.05) is 6.08 Å². The summed E-state index contributed by atoms with van der Waals surface area (Å²) in [4.78, 5) is 35.6. The number of rotatable bonds is 7. The number of piperazine rings is 1. The van der Waals surface area contributed by atoms with E-state index in [4.69, 9.17) is 4.74 Å². The Bertz CT molecular complexity index is 1780. The molecule has 1 aliphatic heterocycles. The van der Waals surface area contributed by atoms with Gasteiger partial charge < -0.3 is 14.7 Å². The van der Waals surface area contributed by atoms with E-state index in [2.05, 4.69) is 21.6 Å². The minimum Gasteiger partial charge on any atom is -0.497 e. The molecule has 2 unspecified atom stereocenters. The van der Waals surface area contributed by atoms with E-state index in [0.29, 0.717) is 40.2 Å². The molecule has 13 heteroatoms. The minimum atomic E-state index is -4.77. The molecular formula is C31H30F3N5O4S. The quantitative estimate of drug-likeness (QED) is 0.229. The van der Waals surface area contributed by atoms with Crippen molar-refractivity contribution in [3.63, 3.8) is 0 Å². The maximum absolute atomic E-state index is 14.4. The Morgan fingerprint density at radius 1 is 1.18 bits per heavy atom. The average molecular weight is 626 g/mol. The third kappa shape index (κ3) is 4.79. The lowest BCUT2D eigenvalue weighted by Gasteiger charge is -2.43. The van der Waals surface area contributed by atoms with E-state index >= 15 is 0 Å². The van der Waals surface area contributed by atoms with Crippen LogP contribution >= 0.6 is 11.3 Å². The number of thiophene rings is 1. The molecule has 1 N–H and O–H groups in total. The van der Waals surface area contributed by atoms with E-state index < -0.39 is 35.5 Å². The Balaban J connectivity index is 1.35. The number of aliphatic hydroxyl groups excluding tert-OH is 1. The summed E-state index contributed by atoms with van der Waals surface area (Å²) >= 11 is 1.35. The molecule has 3 aromatic heterocycles. The molecule has 4 heterocycles. The largest absolute Gasteiger partial charge is 0.497 e. The molecule has 2 fully saturated rings. The monoisotopic (exact) mass is 625 g/mol. The van der Waals surface area contributed by atoms with Crippen LogP contribution in [0.1, 0.15) is 49.5 Å². The Morgan fingerprint density at radius 3 is 2.45 bits per heavy atom. The van der Waals surface area contributed by atoms with Gasteiger partial charge in [-0.05, 0) is 50.2 Å². The van der Waals surface area contributed by atoms with Gasteiger partial charge in [0.2, 0.25) is 0 Å². The van der Waals surface area contributed by atoms with Gasteiger partial charge in [0.05, 0.1) is 41.6 Å². The number of aromatic nitrogens is 3. The number of benzene rings is 1. The summed E-state index contributed by atoms with van der Waals surface area (Å²) in [5.41, 5.74) is -1.54. The highest BCUT2D eigenvalue weighted by Crippen LogP contribution is 2.54. The molecule has 1 amide bonds. The van der Waals surface area contributed by atoms with Crippen LogP contribution in [0.5, 0.6) is 5.75 Å². The first-order valence-electron chi connectivity index (χ1n) is 14.0. The van der Waals surface area contributed by atoms with Crippen LogP contribution in [-0.2, 0) is 11.7 Å². The van der Waals surface area contributed by atoms with Gasteiger partial charge in [0, 0.05) is 42.1 Å². The number of carbonyl (C=O) groups excluding carboxylic acids is 2. The van der Waals surface area contributed by atoms with E-state index in [1.165, 1.54) is 32.3 Å². The molecule has 9 nitrogen and oxygen atoms in total. The van der Waals surface area contributed by atoms with Gasteiger partial charge in [0.25, 0.3) is 5.91 Å². The summed E-state index contributed by atoms with van der Waals surface area (Å²) in [6.45, 7) is 7.73. The summed E-state index contributed by atoms with van der Waals surface area (Å²) in [5, 5.41) is 14.7. The molecule has 1 saturated carbocycles. The number of hydrogen-bond acceptors (Lipinski definition) is 8. The number of ether oxygens (including phenoxy) is 1. The second-order valence-electron chi connectivity index (χ2n) is 11.1. The number of amides is 1. The second-order valence-corrected chi connectivity index (χ2v) is 12.1. The predicted octanol–water partition coefficient (Wildman–Crippen LogP) is 4.97. The van der Waals surface area contributed by atoms with Gasteiger partial charge in [-0.2, -0.15) is 18.3 Å². The summed E-state index contributed by atoms with van der Waals surface area (Å²) in [7, 11) is 1.49. The lowest BCUT2D eigenvalue weighted by atomic mass is 10.0. The van der Waals surface area contributed by atoms with Crippen LogP contribution in [0.4, 0.5) is 13.2 Å². The molecule has 1 saturated heterocycles. The van der Waals surface area contributed by atoms with E-state index in [-0.39, 0.29) is 34.8 Å². The molecule has 6 rings (SSSR count). The first kappa shape index (κ1) is 30.0. The van der Waals surface area contributed by atoms with Crippen LogP contribution in [0.15, 0.2) is 55.3 Å². The van der Waals surface area contributed by atoms with Gasteiger partial charge >= 0.3 is 6.18 Å². The van der Waals surface area contributed by atoms with Crippen molar-refractivity contribution >= 4 is 28.7 Å². The Labute approximate surface area is 255 Å². The van der Waals surface area contributed by atoms with Crippen molar-refractivity contribution in [3.8, 4) is 17.0 Å². The molecular weight excluding hydrogens is 595 g/mol. The topological polar surface area (TPSA) is 100 Å². The van der Waals surface area contributed by atoms with Crippen LogP contribution in [0.25, 0.3) is 16.9 Å². The van der Waals surface area contributed by atoms with Crippen LogP contribution in [0, 0.1) is 6.92 Å². The van der Waals surface area contributed by atoms with Crippen molar-refractivity contribution in [2.75, 3.05) is 26.7 Å². The molecule has 230 valence electrons. The lowest BCUT2D eigenvalue weighted by molar-refractivity contribution is -0.143. The molecule has 2 aliphatic rings. The maximum Gasteiger partial charge on any atom is 0.433 e. The van der Waals surface area contributed by atoms with Crippen molar-refractivity contribution in [2.24, 2.45) is 0 Å². The van der Waals surface area contributed by atoms with Gasteiger partial charge in [-0.15, -0.1) is 17.9 Å². The van der Waals surface area contributed by atoms with E-state index in [0.717, 1.165) is 11.1 Å². The standard InChI is InChI=1S/C31H30F3N5O4S/c1-5-20-16-37(30(14-24(30)41)25-11-10-23(44-25)18(3)40)12-13-38(20)29(42)22-15-35-39-27(31(32,33)34)17(2)26(36-28(22)39)19-6-8-21(43-4)9-7-19/h5-11,15,20,24,41H,1,12-14,16H2,2-4H3/t20-,24?,30?/m1/s1. The molecule has 0 bridgehead atoms. The number of ketones is 1. The molecule has 1 aliphatic carbocycles. The normalized spacial score (nSPS) is 22.3. The van der Waals surface area contributed by atoms with Crippen LogP contribution in [-0.4, -0.2) is 80.1 Å². The third-order valence-electron chi connectivity index (χ3n) is 8.54. The fraction of sp³-hybridized carbons (Fsp3) is 0.355. The highest BCUT2D eigenvalue weighted by molar-refractivity contribution is 7.14.